The van der Waals surface area contributed by atoms with Crippen molar-refractivity contribution in [3.05, 3.63) is 11.4 Å². The fourth-order valence-corrected chi connectivity index (χ4v) is 1.57. The predicted molar refractivity (Wildman–Crippen MR) is 69.9 cm³/mol. The van der Waals surface area contributed by atoms with Gasteiger partial charge in [-0.1, -0.05) is 13.8 Å². The third-order valence-electron chi connectivity index (χ3n) is 3.20. The number of rotatable bonds is 5. The van der Waals surface area contributed by atoms with Gasteiger partial charge < -0.3 is 16.2 Å². The molecule has 1 aromatic rings. The van der Waals surface area contributed by atoms with E-state index in [4.69, 9.17) is 5.73 Å². The van der Waals surface area contributed by atoms with Crippen LogP contribution in [-0.2, 0) is 0 Å². The smallest absolute Gasteiger partial charge is 0.134 e. The van der Waals surface area contributed by atoms with Gasteiger partial charge in [0.1, 0.15) is 17.5 Å². The Morgan fingerprint density at radius 1 is 1.24 bits per heavy atom. The van der Waals surface area contributed by atoms with Crippen molar-refractivity contribution >= 4 is 11.6 Å². The Labute approximate surface area is 102 Å². The van der Waals surface area contributed by atoms with Crippen LogP contribution in [-0.4, -0.2) is 27.2 Å². The van der Waals surface area contributed by atoms with E-state index in [-0.39, 0.29) is 0 Å². The second kappa shape index (κ2) is 5.31. The average Bonchev–Trinajstić information content (AvgIpc) is 2.31. The van der Waals surface area contributed by atoms with E-state index in [2.05, 4.69) is 15.3 Å². The molecule has 0 saturated heterocycles. The minimum absolute atomic E-state index is 0.469. The molecule has 5 heteroatoms. The zero-order valence-corrected chi connectivity index (χ0v) is 11.0. The van der Waals surface area contributed by atoms with Gasteiger partial charge in [0.15, 0.2) is 0 Å². The normalized spacial score (nSPS) is 11.6. The van der Waals surface area contributed by atoms with E-state index in [1.54, 1.807) is 6.92 Å². The minimum Gasteiger partial charge on any atom is -0.388 e. The molecule has 96 valence electrons. The van der Waals surface area contributed by atoms with Gasteiger partial charge in [-0.2, -0.15) is 0 Å². The van der Waals surface area contributed by atoms with Crippen LogP contribution < -0.4 is 11.1 Å². The number of nitrogens with one attached hydrogen (secondary N) is 1. The van der Waals surface area contributed by atoms with E-state index < -0.39 is 5.60 Å². The Morgan fingerprint density at radius 3 is 2.35 bits per heavy atom. The number of aromatic nitrogens is 2. The van der Waals surface area contributed by atoms with Crippen LogP contribution in [0.2, 0.25) is 0 Å². The highest BCUT2D eigenvalue weighted by Crippen LogP contribution is 2.20. The molecule has 0 aliphatic rings. The Balaban J connectivity index is 2.82. The number of anilines is 2. The highest BCUT2D eigenvalue weighted by molar-refractivity contribution is 5.54. The van der Waals surface area contributed by atoms with E-state index in [1.807, 2.05) is 20.8 Å². The maximum Gasteiger partial charge on any atom is 0.134 e. The van der Waals surface area contributed by atoms with Gasteiger partial charge in [-0.15, -0.1) is 0 Å². The van der Waals surface area contributed by atoms with Gasteiger partial charge in [-0.05, 0) is 26.7 Å². The first-order valence-corrected chi connectivity index (χ1v) is 5.99. The number of hydrogen-bond acceptors (Lipinski definition) is 5. The van der Waals surface area contributed by atoms with Gasteiger partial charge in [0, 0.05) is 12.1 Å². The van der Waals surface area contributed by atoms with Crippen molar-refractivity contribution in [3.8, 4) is 0 Å². The summed E-state index contributed by atoms with van der Waals surface area (Å²) in [7, 11) is 0. The maximum absolute atomic E-state index is 10.2. The predicted octanol–water partition coefficient (Wildman–Crippen LogP) is 1.64. The number of nitrogens with zero attached hydrogens (tertiary/aromatic N) is 2. The van der Waals surface area contributed by atoms with E-state index >= 15 is 0 Å². The number of aliphatic hydroxyl groups is 1. The van der Waals surface area contributed by atoms with Crippen molar-refractivity contribution in [2.45, 2.75) is 46.1 Å². The molecular weight excluding hydrogens is 216 g/mol. The molecule has 0 bridgehead atoms. The van der Waals surface area contributed by atoms with Crippen LogP contribution in [0.5, 0.6) is 0 Å². The van der Waals surface area contributed by atoms with Crippen LogP contribution in [0.1, 0.15) is 38.1 Å². The van der Waals surface area contributed by atoms with Crippen molar-refractivity contribution in [2.24, 2.45) is 0 Å². The Bertz CT molecular complexity index is 388. The maximum atomic E-state index is 10.2. The van der Waals surface area contributed by atoms with Crippen molar-refractivity contribution < 1.29 is 5.11 Å². The Morgan fingerprint density at radius 2 is 1.82 bits per heavy atom. The second-order valence-corrected chi connectivity index (χ2v) is 4.41. The molecule has 4 N–H and O–H groups in total. The lowest BCUT2D eigenvalue weighted by Gasteiger charge is -2.26. The van der Waals surface area contributed by atoms with Gasteiger partial charge in [-0.3, -0.25) is 0 Å². The lowest BCUT2D eigenvalue weighted by Crippen LogP contribution is -2.35. The molecule has 0 aliphatic heterocycles. The molecule has 0 amide bonds. The number of aryl methyl sites for hydroxylation is 1. The third kappa shape index (κ3) is 3.30. The van der Waals surface area contributed by atoms with Crippen molar-refractivity contribution in [3.63, 3.8) is 0 Å². The summed E-state index contributed by atoms with van der Waals surface area (Å²) in [6.07, 6.45) is 1.41. The summed E-state index contributed by atoms with van der Waals surface area (Å²) < 4.78 is 0. The lowest BCUT2D eigenvalue weighted by atomic mass is 9.97. The zero-order valence-electron chi connectivity index (χ0n) is 11.0. The van der Waals surface area contributed by atoms with E-state index in [0.717, 1.165) is 5.56 Å². The first-order valence-electron chi connectivity index (χ1n) is 5.99. The number of hydrogen-bond donors (Lipinski definition) is 3. The van der Waals surface area contributed by atoms with E-state index in [1.165, 1.54) is 0 Å². The highest BCUT2D eigenvalue weighted by atomic mass is 16.3. The number of nitrogen functional groups attached to an aromatic ring is 1. The van der Waals surface area contributed by atoms with Crippen LogP contribution in [0.4, 0.5) is 11.6 Å². The lowest BCUT2D eigenvalue weighted by molar-refractivity contribution is 0.0456. The van der Waals surface area contributed by atoms with Crippen molar-refractivity contribution in [2.75, 3.05) is 17.6 Å². The second-order valence-electron chi connectivity index (χ2n) is 4.41. The Hall–Kier alpha value is -1.36. The molecule has 0 unspecified atom stereocenters. The molecule has 17 heavy (non-hydrogen) atoms. The molecule has 0 aromatic carbocycles. The average molecular weight is 238 g/mol. The van der Waals surface area contributed by atoms with E-state index in [0.29, 0.717) is 36.8 Å². The molecule has 0 fully saturated rings. The monoisotopic (exact) mass is 238 g/mol. The minimum atomic E-state index is -0.694. The summed E-state index contributed by atoms with van der Waals surface area (Å²) in [6, 6.07) is 0. The standard InChI is InChI=1S/C12H22N4O/c1-5-12(17,6-2)7-14-11-8(3)10(13)15-9(4)16-11/h17H,5-7H2,1-4H3,(H3,13,14,15,16). The first-order chi connectivity index (χ1) is 7.91. The molecule has 1 heterocycles. The largest absolute Gasteiger partial charge is 0.388 e. The zero-order chi connectivity index (χ0) is 13.1. The summed E-state index contributed by atoms with van der Waals surface area (Å²) in [5.74, 6) is 1.82. The van der Waals surface area contributed by atoms with Gasteiger partial charge >= 0.3 is 0 Å². The molecule has 0 saturated carbocycles. The topological polar surface area (TPSA) is 84.1 Å². The van der Waals surface area contributed by atoms with Crippen LogP contribution in [0.15, 0.2) is 0 Å². The van der Waals surface area contributed by atoms with Crippen molar-refractivity contribution in [1.82, 2.24) is 9.97 Å². The van der Waals surface area contributed by atoms with Gasteiger partial charge in [0.2, 0.25) is 0 Å². The number of nitrogens with two attached hydrogens (primary N) is 1. The molecule has 1 rings (SSSR count). The Kier molecular flexibility index (Phi) is 4.28. The van der Waals surface area contributed by atoms with Crippen LogP contribution >= 0.6 is 0 Å². The van der Waals surface area contributed by atoms with Gasteiger partial charge in [0.05, 0.1) is 5.60 Å². The first kappa shape index (κ1) is 13.7. The molecular formula is C12H22N4O. The molecule has 5 nitrogen and oxygen atoms in total. The summed E-state index contributed by atoms with van der Waals surface area (Å²) in [6.45, 7) is 8.08. The summed E-state index contributed by atoms with van der Waals surface area (Å²) in [5.41, 5.74) is 5.90. The quantitative estimate of drug-likeness (QED) is 0.726. The molecule has 0 aliphatic carbocycles. The highest BCUT2D eigenvalue weighted by Gasteiger charge is 2.22. The van der Waals surface area contributed by atoms with Crippen LogP contribution in [0.25, 0.3) is 0 Å². The third-order valence-corrected chi connectivity index (χ3v) is 3.20. The molecule has 0 spiro atoms. The summed E-state index contributed by atoms with van der Waals surface area (Å²) in [5, 5.41) is 13.3. The fraction of sp³-hybridized carbons (Fsp3) is 0.667. The summed E-state index contributed by atoms with van der Waals surface area (Å²) in [4.78, 5) is 8.37. The fourth-order valence-electron chi connectivity index (χ4n) is 1.57. The van der Waals surface area contributed by atoms with Crippen LogP contribution in [0.3, 0.4) is 0 Å². The SMILES string of the molecule is CCC(O)(CC)CNc1nc(C)nc(N)c1C. The van der Waals surface area contributed by atoms with Crippen LogP contribution in [0, 0.1) is 13.8 Å². The van der Waals surface area contributed by atoms with E-state index in [9.17, 15) is 5.11 Å². The van der Waals surface area contributed by atoms with Gasteiger partial charge in [0.25, 0.3) is 0 Å². The summed E-state index contributed by atoms with van der Waals surface area (Å²) >= 11 is 0. The molecule has 0 atom stereocenters. The molecule has 0 radical (unpaired) electrons. The van der Waals surface area contributed by atoms with Crippen molar-refractivity contribution in [1.29, 1.82) is 0 Å². The molecule has 1 aromatic heterocycles. The van der Waals surface area contributed by atoms with Gasteiger partial charge in [-0.25, -0.2) is 9.97 Å².